The van der Waals surface area contributed by atoms with Gasteiger partial charge in [0.2, 0.25) is 5.78 Å². The van der Waals surface area contributed by atoms with Gasteiger partial charge >= 0.3 is 0 Å². The van der Waals surface area contributed by atoms with Gasteiger partial charge in [-0.25, -0.2) is 9.37 Å². The van der Waals surface area contributed by atoms with Crippen LogP contribution in [0.4, 0.5) is 4.39 Å². The van der Waals surface area contributed by atoms with Crippen molar-refractivity contribution in [1.82, 2.24) is 9.97 Å². The van der Waals surface area contributed by atoms with E-state index in [-0.39, 0.29) is 12.2 Å². The van der Waals surface area contributed by atoms with Crippen LogP contribution in [-0.4, -0.2) is 27.6 Å². The van der Waals surface area contributed by atoms with E-state index in [1.54, 1.807) is 18.2 Å². The van der Waals surface area contributed by atoms with Crippen LogP contribution in [0.2, 0.25) is 0 Å². The van der Waals surface area contributed by atoms with Gasteiger partial charge < -0.3 is 9.82 Å². The van der Waals surface area contributed by atoms with Crippen molar-refractivity contribution in [3.05, 3.63) is 65.7 Å². The van der Waals surface area contributed by atoms with Crippen molar-refractivity contribution in [2.24, 2.45) is 5.16 Å². The maximum atomic E-state index is 13.4. The average Bonchev–Trinajstić information content (AvgIpc) is 3.29. The number of halogens is 1. The number of para-hydroxylation sites is 2. The summed E-state index contributed by atoms with van der Waals surface area (Å²) in [5.41, 5.74) is 2.46. The first kappa shape index (κ1) is 16.0. The lowest BCUT2D eigenvalue weighted by Gasteiger charge is -2.10. The Morgan fingerprint density at radius 3 is 2.92 bits per heavy atom. The Labute approximate surface area is 147 Å². The number of carbonyl (C=O) groups excluding carboxylic acids is 1. The van der Waals surface area contributed by atoms with Gasteiger partial charge in [0.25, 0.3) is 0 Å². The molecule has 2 aromatic carbocycles. The highest BCUT2D eigenvalue weighted by Crippen LogP contribution is 2.25. The Kier molecular flexibility index (Phi) is 3.93. The zero-order valence-electron chi connectivity index (χ0n) is 13.5. The van der Waals surface area contributed by atoms with Crippen LogP contribution < -0.4 is 0 Å². The Balaban J connectivity index is 1.54. The number of ketones is 1. The normalized spacial score (nSPS) is 17.4. The molecule has 2 atom stereocenters. The van der Waals surface area contributed by atoms with E-state index < -0.39 is 23.6 Å². The minimum Gasteiger partial charge on any atom is -0.384 e. The van der Waals surface area contributed by atoms with Gasteiger partial charge in [-0.1, -0.05) is 29.4 Å². The van der Waals surface area contributed by atoms with Crippen LogP contribution in [0.1, 0.15) is 23.7 Å². The van der Waals surface area contributed by atoms with Gasteiger partial charge in [-0.15, -0.1) is 0 Å². The first-order valence-corrected chi connectivity index (χ1v) is 8.02. The number of imidazole rings is 1. The van der Waals surface area contributed by atoms with Gasteiger partial charge in [-0.3, -0.25) is 4.79 Å². The van der Waals surface area contributed by atoms with E-state index in [1.807, 2.05) is 24.3 Å². The van der Waals surface area contributed by atoms with Crippen LogP contribution in [0.25, 0.3) is 11.0 Å². The molecule has 0 radical (unpaired) electrons. The van der Waals surface area contributed by atoms with E-state index >= 15 is 0 Å². The van der Waals surface area contributed by atoms with Crippen LogP contribution in [0.15, 0.2) is 53.7 Å². The molecule has 2 unspecified atom stereocenters. The standard InChI is InChI=1S/C19H13FN4O2/c20-12-5-3-4-11(8-12)16-9-17(26-24-16)18(25)13(10-21)19-22-14-6-1-2-7-15(14)23-19/h1-8,13,17H,9H2,(H,22,23). The molecule has 1 N–H and O–H groups in total. The Morgan fingerprint density at radius 1 is 1.31 bits per heavy atom. The average molecular weight is 348 g/mol. The Morgan fingerprint density at radius 2 is 2.15 bits per heavy atom. The van der Waals surface area contributed by atoms with E-state index in [0.29, 0.717) is 16.8 Å². The van der Waals surface area contributed by atoms with Crippen LogP contribution in [0.3, 0.4) is 0 Å². The SMILES string of the molecule is N#CC(C(=O)C1CC(c2cccc(F)c2)=NO1)c1nc2ccccc2[nH]1. The molecule has 0 fully saturated rings. The highest BCUT2D eigenvalue weighted by atomic mass is 19.1. The van der Waals surface area contributed by atoms with Gasteiger partial charge in [0, 0.05) is 12.0 Å². The van der Waals surface area contributed by atoms with Crippen molar-refractivity contribution >= 4 is 22.5 Å². The fourth-order valence-corrected chi connectivity index (χ4v) is 2.92. The van der Waals surface area contributed by atoms with Crippen LogP contribution in [0, 0.1) is 17.1 Å². The monoisotopic (exact) mass is 348 g/mol. The Bertz CT molecular complexity index is 1030. The molecule has 1 aromatic heterocycles. The molecular weight excluding hydrogens is 335 g/mol. The molecule has 0 bridgehead atoms. The topological polar surface area (TPSA) is 91.1 Å². The molecule has 1 aliphatic rings. The summed E-state index contributed by atoms with van der Waals surface area (Å²) in [7, 11) is 0. The molecule has 4 rings (SSSR count). The lowest BCUT2D eigenvalue weighted by molar-refractivity contribution is -0.129. The quantitative estimate of drug-likeness (QED) is 0.784. The molecular formula is C19H13FN4O2. The second kappa shape index (κ2) is 6.41. The molecule has 7 heteroatoms. The summed E-state index contributed by atoms with van der Waals surface area (Å²) in [6.07, 6.45) is -0.716. The van der Waals surface area contributed by atoms with Gasteiger partial charge in [0.05, 0.1) is 22.8 Å². The second-order valence-corrected chi connectivity index (χ2v) is 5.95. The summed E-state index contributed by atoms with van der Waals surface area (Å²) in [6.45, 7) is 0. The fourth-order valence-electron chi connectivity index (χ4n) is 2.92. The van der Waals surface area contributed by atoms with E-state index in [1.165, 1.54) is 12.1 Å². The number of benzene rings is 2. The predicted octanol–water partition coefficient (Wildman–Crippen LogP) is 3.07. The lowest BCUT2D eigenvalue weighted by atomic mass is 9.95. The van der Waals surface area contributed by atoms with Gasteiger partial charge in [0.1, 0.15) is 11.6 Å². The molecule has 3 aromatic rings. The van der Waals surface area contributed by atoms with Crippen molar-refractivity contribution < 1.29 is 14.0 Å². The highest BCUT2D eigenvalue weighted by molar-refractivity contribution is 6.05. The van der Waals surface area contributed by atoms with Crippen LogP contribution >= 0.6 is 0 Å². The van der Waals surface area contributed by atoms with E-state index in [4.69, 9.17) is 4.84 Å². The van der Waals surface area contributed by atoms with Crippen molar-refractivity contribution in [2.45, 2.75) is 18.4 Å². The minimum atomic E-state index is -1.09. The van der Waals surface area contributed by atoms with Gasteiger partial charge in [-0.05, 0) is 24.3 Å². The molecule has 128 valence electrons. The highest BCUT2D eigenvalue weighted by Gasteiger charge is 2.36. The smallest absolute Gasteiger partial charge is 0.201 e. The van der Waals surface area contributed by atoms with Crippen LogP contribution in [0.5, 0.6) is 0 Å². The summed E-state index contributed by atoms with van der Waals surface area (Å²) in [6, 6.07) is 15.2. The number of H-pyrrole nitrogens is 1. The molecule has 2 heterocycles. The number of Topliss-reactive ketones (excluding diaryl/α,β-unsaturated/α-hetero) is 1. The number of nitrogens with zero attached hydrogens (tertiary/aromatic N) is 3. The third-order valence-electron chi connectivity index (χ3n) is 4.24. The Hall–Kier alpha value is -3.53. The maximum Gasteiger partial charge on any atom is 0.201 e. The number of rotatable bonds is 4. The van der Waals surface area contributed by atoms with E-state index in [9.17, 15) is 14.4 Å². The lowest BCUT2D eigenvalue weighted by Crippen LogP contribution is -2.27. The number of hydrogen-bond donors (Lipinski definition) is 1. The summed E-state index contributed by atoms with van der Waals surface area (Å²) in [5, 5.41) is 13.4. The molecule has 26 heavy (non-hydrogen) atoms. The molecule has 0 aliphatic carbocycles. The zero-order valence-corrected chi connectivity index (χ0v) is 13.5. The third kappa shape index (κ3) is 2.82. The number of nitrogens with one attached hydrogen (secondary N) is 1. The molecule has 0 saturated carbocycles. The van der Waals surface area contributed by atoms with Crippen molar-refractivity contribution in [3.63, 3.8) is 0 Å². The molecule has 0 amide bonds. The van der Waals surface area contributed by atoms with Crippen LogP contribution in [-0.2, 0) is 9.63 Å². The summed E-state index contributed by atoms with van der Waals surface area (Å²) in [5.74, 6) is -1.63. The first-order chi connectivity index (χ1) is 12.7. The molecule has 0 spiro atoms. The molecule has 1 aliphatic heterocycles. The molecule has 0 saturated heterocycles. The van der Waals surface area contributed by atoms with Crippen molar-refractivity contribution in [3.8, 4) is 6.07 Å². The predicted molar refractivity (Wildman–Crippen MR) is 91.9 cm³/mol. The number of oxime groups is 1. The minimum absolute atomic E-state index is 0.181. The number of fused-ring (bicyclic) bond motifs is 1. The maximum absolute atomic E-state index is 13.4. The van der Waals surface area contributed by atoms with E-state index in [0.717, 1.165) is 5.52 Å². The fraction of sp³-hybridized carbons (Fsp3) is 0.158. The largest absolute Gasteiger partial charge is 0.384 e. The molecule has 6 nitrogen and oxygen atoms in total. The number of aromatic nitrogens is 2. The van der Waals surface area contributed by atoms with E-state index in [2.05, 4.69) is 15.1 Å². The number of aromatic amines is 1. The second-order valence-electron chi connectivity index (χ2n) is 5.95. The summed E-state index contributed by atoms with van der Waals surface area (Å²) < 4.78 is 13.4. The summed E-state index contributed by atoms with van der Waals surface area (Å²) in [4.78, 5) is 25.3. The van der Waals surface area contributed by atoms with Crippen molar-refractivity contribution in [1.29, 1.82) is 5.26 Å². The number of carbonyl (C=O) groups is 1. The number of nitriles is 1. The van der Waals surface area contributed by atoms with Crippen molar-refractivity contribution in [2.75, 3.05) is 0 Å². The third-order valence-corrected chi connectivity index (χ3v) is 4.24. The summed E-state index contributed by atoms with van der Waals surface area (Å²) >= 11 is 0. The van der Waals surface area contributed by atoms with Gasteiger partial charge in [0.15, 0.2) is 12.0 Å². The zero-order chi connectivity index (χ0) is 18.1. The number of hydrogen-bond acceptors (Lipinski definition) is 5. The van der Waals surface area contributed by atoms with Gasteiger partial charge in [-0.2, -0.15) is 5.26 Å². The first-order valence-electron chi connectivity index (χ1n) is 8.02.